The smallest absolute Gasteiger partial charge is 0.253 e. The zero-order valence-electron chi connectivity index (χ0n) is 21.5. The average molecular weight is 485 g/mol. The summed E-state index contributed by atoms with van der Waals surface area (Å²) >= 11 is 0. The van der Waals surface area contributed by atoms with E-state index in [0.717, 1.165) is 61.2 Å². The van der Waals surface area contributed by atoms with Crippen LogP contribution in [0.4, 0.5) is 0 Å². The Labute approximate surface area is 209 Å². The molecule has 0 fully saturated rings. The van der Waals surface area contributed by atoms with Gasteiger partial charge in [-0.15, -0.1) is 0 Å². The number of nitrogens with zero attached hydrogens (tertiary/aromatic N) is 2. The number of hydrogen-bond acceptors (Lipinski definition) is 6. The Kier molecular flexibility index (Phi) is 9.95. The van der Waals surface area contributed by atoms with Crippen molar-refractivity contribution < 1.29 is 24.5 Å². The second-order valence-electron chi connectivity index (χ2n) is 9.61. The number of benzene rings is 2. The standard InChI is InChI=1S/C28H40N2O5/c1-20-9-8-11-23(27(20)34-4)18-30-15-7-5-6-10-21-17-22(28(33)29(2)3)12-13-26(21)35-19-25(32)24(31)14-16-30/h8-9,11-13,17,24-25,31-32H,5-7,10,14-16,18-19H2,1-4H3/t24-,25+/m0/s1. The minimum absolute atomic E-state index is 0.000836. The summed E-state index contributed by atoms with van der Waals surface area (Å²) in [5, 5.41) is 21.2. The van der Waals surface area contributed by atoms with E-state index in [0.29, 0.717) is 24.3 Å². The molecule has 0 unspecified atom stereocenters. The number of fused-ring (bicyclic) bond motifs is 1. The number of carbonyl (C=O) groups is 1. The van der Waals surface area contributed by atoms with Gasteiger partial charge in [0, 0.05) is 38.3 Å². The molecule has 2 aromatic rings. The van der Waals surface area contributed by atoms with Crippen molar-refractivity contribution in [3.63, 3.8) is 0 Å². The molecule has 0 aliphatic carbocycles. The molecule has 7 nitrogen and oxygen atoms in total. The van der Waals surface area contributed by atoms with Crippen molar-refractivity contribution >= 4 is 5.91 Å². The summed E-state index contributed by atoms with van der Waals surface area (Å²) in [5.41, 5.74) is 3.81. The lowest BCUT2D eigenvalue weighted by molar-refractivity contribution is -0.0163. The molecule has 1 amide bonds. The van der Waals surface area contributed by atoms with Crippen molar-refractivity contribution in [2.45, 2.75) is 57.8 Å². The van der Waals surface area contributed by atoms with Crippen molar-refractivity contribution in [3.05, 3.63) is 58.7 Å². The molecule has 2 atom stereocenters. The van der Waals surface area contributed by atoms with Crippen LogP contribution in [0.25, 0.3) is 0 Å². The van der Waals surface area contributed by atoms with Crippen molar-refractivity contribution in [3.8, 4) is 11.5 Å². The molecule has 1 aliphatic heterocycles. The van der Waals surface area contributed by atoms with Crippen LogP contribution in [0.3, 0.4) is 0 Å². The molecule has 0 saturated carbocycles. The summed E-state index contributed by atoms with van der Waals surface area (Å²) in [7, 11) is 5.17. The van der Waals surface area contributed by atoms with Crippen LogP contribution in [0.15, 0.2) is 36.4 Å². The molecule has 0 saturated heterocycles. The summed E-state index contributed by atoms with van der Waals surface area (Å²) in [5.74, 6) is 1.52. The summed E-state index contributed by atoms with van der Waals surface area (Å²) < 4.78 is 11.5. The normalized spacial score (nSPS) is 20.3. The third-order valence-electron chi connectivity index (χ3n) is 6.62. The highest BCUT2D eigenvalue weighted by atomic mass is 16.5. The summed E-state index contributed by atoms with van der Waals surface area (Å²) in [6.07, 6.45) is 2.37. The van der Waals surface area contributed by atoms with E-state index in [2.05, 4.69) is 11.0 Å². The van der Waals surface area contributed by atoms with Crippen LogP contribution in [0.5, 0.6) is 11.5 Å². The first-order valence-corrected chi connectivity index (χ1v) is 12.5. The van der Waals surface area contributed by atoms with E-state index >= 15 is 0 Å². The monoisotopic (exact) mass is 484 g/mol. The van der Waals surface area contributed by atoms with Gasteiger partial charge in [0.2, 0.25) is 0 Å². The van der Waals surface area contributed by atoms with Crippen molar-refractivity contribution in [1.29, 1.82) is 0 Å². The molecule has 0 bridgehead atoms. The van der Waals surface area contributed by atoms with Crippen LogP contribution >= 0.6 is 0 Å². The van der Waals surface area contributed by atoms with Crippen LogP contribution in [0.1, 0.15) is 52.7 Å². The van der Waals surface area contributed by atoms with Gasteiger partial charge < -0.3 is 24.6 Å². The van der Waals surface area contributed by atoms with Gasteiger partial charge >= 0.3 is 0 Å². The second-order valence-corrected chi connectivity index (χ2v) is 9.61. The van der Waals surface area contributed by atoms with Gasteiger partial charge in [-0.05, 0) is 68.5 Å². The fourth-order valence-electron chi connectivity index (χ4n) is 4.57. The van der Waals surface area contributed by atoms with Gasteiger partial charge in [-0.2, -0.15) is 0 Å². The Morgan fingerprint density at radius 3 is 2.66 bits per heavy atom. The number of hydrogen-bond donors (Lipinski definition) is 2. The van der Waals surface area contributed by atoms with E-state index in [9.17, 15) is 15.0 Å². The molecule has 0 aromatic heterocycles. The predicted octanol–water partition coefficient (Wildman–Crippen LogP) is 3.42. The molecule has 1 aliphatic rings. The van der Waals surface area contributed by atoms with Crippen LogP contribution in [0.2, 0.25) is 0 Å². The van der Waals surface area contributed by atoms with Gasteiger partial charge in [-0.3, -0.25) is 9.69 Å². The highest BCUT2D eigenvalue weighted by Crippen LogP contribution is 2.26. The van der Waals surface area contributed by atoms with Crippen LogP contribution in [-0.2, 0) is 13.0 Å². The van der Waals surface area contributed by atoms with Crippen LogP contribution in [0, 0.1) is 6.92 Å². The number of rotatable bonds is 4. The van der Waals surface area contributed by atoms with Gasteiger partial charge in [0.1, 0.15) is 24.2 Å². The minimum Gasteiger partial charge on any atom is -0.496 e. The van der Waals surface area contributed by atoms with Gasteiger partial charge in [-0.1, -0.05) is 24.6 Å². The highest BCUT2D eigenvalue weighted by molar-refractivity contribution is 5.94. The van der Waals surface area contributed by atoms with E-state index in [-0.39, 0.29) is 12.5 Å². The minimum atomic E-state index is -0.996. The van der Waals surface area contributed by atoms with E-state index in [1.54, 1.807) is 38.2 Å². The zero-order valence-corrected chi connectivity index (χ0v) is 21.5. The summed E-state index contributed by atoms with van der Waals surface area (Å²) in [6.45, 7) is 4.33. The molecule has 1 heterocycles. The number of ether oxygens (including phenoxy) is 2. The summed E-state index contributed by atoms with van der Waals surface area (Å²) in [6, 6.07) is 11.6. The molecule has 0 radical (unpaired) electrons. The number of methoxy groups -OCH3 is 1. The largest absolute Gasteiger partial charge is 0.496 e. The van der Waals surface area contributed by atoms with E-state index in [1.807, 2.05) is 25.1 Å². The van der Waals surface area contributed by atoms with Gasteiger partial charge in [0.05, 0.1) is 13.2 Å². The van der Waals surface area contributed by atoms with Crippen LogP contribution < -0.4 is 9.47 Å². The van der Waals surface area contributed by atoms with E-state index in [4.69, 9.17) is 9.47 Å². The Morgan fingerprint density at radius 1 is 1.11 bits per heavy atom. The molecule has 2 N–H and O–H groups in total. The lowest BCUT2D eigenvalue weighted by atomic mass is 10.0. The first kappa shape index (κ1) is 27.0. The van der Waals surface area contributed by atoms with Crippen molar-refractivity contribution in [1.82, 2.24) is 9.80 Å². The Bertz CT molecular complexity index is 978. The maximum Gasteiger partial charge on any atom is 0.253 e. The fourth-order valence-corrected chi connectivity index (χ4v) is 4.57. The maximum atomic E-state index is 12.4. The molecule has 7 heteroatoms. The predicted molar refractivity (Wildman–Crippen MR) is 137 cm³/mol. The number of aryl methyl sites for hydroxylation is 2. The van der Waals surface area contributed by atoms with Gasteiger partial charge in [0.25, 0.3) is 5.91 Å². The molecule has 35 heavy (non-hydrogen) atoms. The topological polar surface area (TPSA) is 82.5 Å². The highest BCUT2D eigenvalue weighted by Gasteiger charge is 2.21. The van der Waals surface area contributed by atoms with Gasteiger partial charge in [-0.25, -0.2) is 0 Å². The van der Waals surface area contributed by atoms with Crippen LogP contribution in [-0.4, -0.2) is 79.0 Å². The van der Waals surface area contributed by atoms with Crippen molar-refractivity contribution in [2.24, 2.45) is 0 Å². The Balaban J connectivity index is 1.74. The lowest BCUT2D eigenvalue weighted by Crippen LogP contribution is -2.36. The Hall–Kier alpha value is -2.61. The molecule has 2 aromatic carbocycles. The maximum absolute atomic E-state index is 12.4. The molecule has 192 valence electrons. The molecule has 3 rings (SSSR count). The third-order valence-corrected chi connectivity index (χ3v) is 6.62. The van der Waals surface area contributed by atoms with E-state index < -0.39 is 12.2 Å². The fraction of sp³-hybridized carbons (Fsp3) is 0.536. The first-order valence-electron chi connectivity index (χ1n) is 12.5. The third kappa shape index (κ3) is 7.43. The quantitative estimate of drug-likeness (QED) is 0.692. The zero-order chi connectivity index (χ0) is 25.4. The van der Waals surface area contributed by atoms with Crippen molar-refractivity contribution in [2.75, 3.05) is 40.9 Å². The molecular formula is C28H40N2O5. The average Bonchev–Trinajstić information content (AvgIpc) is 2.84. The number of aliphatic hydroxyl groups excluding tert-OH is 2. The lowest BCUT2D eigenvalue weighted by Gasteiger charge is -2.27. The molecular weight excluding hydrogens is 444 g/mol. The first-order chi connectivity index (χ1) is 16.8. The second kappa shape index (κ2) is 12.9. The summed E-state index contributed by atoms with van der Waals surface area (Å²) in [4.78, 5) is 16.3. The Morgan fingerprint density at radius 2 is 1.91 bits per heavy atom. The number of carbonyl (C=O) groups excluding carboxylic acids is 1. The number of aliphatic hydroxyl groups is 2. The van der Waals surface area contributed by atoms with Gasteiger partial charge in [0.15, 0.2) is 0 Å². The molecule has 0 spiro atoms. The SMILES string of the molecule is COc1c(C)cccc1CN1CCCCCc2cc(C(=O)N(C)C)ccc2OC[C@@H](O)[C@@H](O)CC1. The number of para-hydroxylation sites is 1. The van der Waals surface area contributed by atoms with E-state index in [1.165, 1.54) is 0 Å². The number of amides is 1.